The van der Waals surface area contributed by atoms with Crippen LogP contribution in [0, 0.1) is 5.92 Å². The molecule has 0 saturated carbocycles. The second-order valence-electron chi connectivity index (χ2n) is 8.42. The molecule has 0 fully saturated rings. The van der Waals surface area contributed by atoms with E-state index in [1.165, 1.54) is 36.8 Å². The maximum Gasteiger partial charge on any atom is 0.397 e. The fourth-order valence-corrected chi connectivity index (χ4v) is 4.24. The summed E-state index contributed by atoms with van der Waals surface area (Å²) in [6.07, 6.45) is 7.31. The van der Waals surface area contributed by atoms with Crippen molar-refractivity contribution < 1.29 is 21.9 Å². The van der Waals surface area contributed by atoms with Gasteiger partial charge in [-0.2, -0.15) is 8.42 Å². The number of hydrogen-bond acceptors (Lipinski definition) is 5. The third-order valence-electron chi connectivity index (χ3n) is 5.30. The largest absolute Gasteiger partial charge is 0.397 e. The van der Waals surface area contributed by atoms with Gasteiger partial charge in [0.05, 0.1) is 6.61 Å². The SMILES string of the molecule is CC(C)CCCCCCCOCC(CN1CCc2ccccc2C1)OS(=O)(=O)O. The van der Waals surface area contributed by atoms with Crippen molar-refractivity contribution in [3.63, 3.8) is 0 Å². The van der Waals surface area contributed by atoms with Gasteiger partial charge in [-0.1, -0.05) is 70.2 Å². The van der Waals surface area contributed by atoms with Crippen molar-refractivity contribution in [1.82, 2.24) is 4.90 Å². The molecule has 1 atom stereocenters. The Bertz CT molecular complexity index is 692. The van der Waals surface area contributed by atoms with Crippen molar-refractivity contribution in [2.24, 2.45) is 5.92 Å². The van der Waals surface area contributed by atoms with Gasteiger partial charge in [0.1, 0.15) is 6.10 Å². The molecule has 1 N–H and O–H groups in total. The lowest BCUT2D eigenvalue weighted by molar-refractivity contribution is 0.0240. The number of hydrogen-bond donors (Lipinski definition) is 1. The maximum absolute atomic E-state index is 11.2. The van der Waals surface area contributed by atoms with Gasteiger partial charge in [-0.15, -0.1) is 0 Å². The van der Waals surface area contributed by atoms with Gasteiger partial charge in [-0.3, -0.25) is 9.45 Å². The zero-order valence-electron chi connectivity index (χ0n) is 17.9. The van der Waals surface area contributed by atoms with Crippen LogP contribution in [-0.2, 0) is 32.3 Å². The van der Waals surface area contributed by atoms with Gasteiger partial charge in [0.2, 0.25) is 0 Å². The van der Waals surface area contributed by atoms with E-state index in [2.05, 4.69) is 30.9 Å². The van der Waals surface area contributed by atoms with Crippen molar-refractivity contribution in [2.45, 2.75) is 71.4 Å². The van der Waals surface area contributed by atoms with Gasteiger partial charge >= 0.3 is 10.4 Å². The van der Waals surface area contributed by atoms with Crippen LogP contribution in [0.2, 0.25) is 0 Å². The fourth-order valence-electron chi connectivity index (χ4n) is 3.78. The highest BCUT2D eigenvalue weighted by atomic mass is 32.3. The van der Waals surface area contributed by atoms with Crippen molar-refractivity contribution in [2.75, 3.05) is 26.3 Å². The number of unbranched alkanes of at least 4 members (excludes halogenated alkanes) is 4. The van der Waals surface area contributed by atoms with E-state index >= 15 is 0 Å². The highest BCUT2D eigenvalue weighted by molar-refractivity contribution is 7.80. The van der Waals surface area contributed by atoms with Crippen molar-refractivity contribution in [3.8, 4) is 0 Å². The molecule has 1 aromatic rings. The zero-order chi connectivity index (χ0) is 21.1. The summed E-state index contributed by atoms with van der Waals surface area (Å²) in [6.45, 7) is 7.23. The standard InChI is InChI=1S/C22H37NO5S/c1-19(2)10-6-4-3-5-9-15-27-18-22(28-29(24,25)26)17-23-14-13-20-11-7-8-12-21(20)16-23/h7-8,11-12,19,22H,3-6,9-10,13-18H2,1-2H3,(H,24,25,26). The number of benzene rings is 1. The van der Waals surface area contributed by atoms with Crippen molar-refractivity contribution in [1.29, 1.82) is 0 Å². The van der Waals surface area contributed by atoms with Crippen LogP contribution in [0.15, 0.2) is 24.3 Å². The second-order valence-corrected chi connectivity index (χ2v) is 9.47. The Morgan fingerprint density at radius 2 is 1.76 bits per heavy atom. The number of rotatable bonds is 14. The Morgan fingerprint density at radius 3 is 2.48 bits per heavy atom. The highest BCUT2D eigenvalue weighted by Gasteiger charge is 2.23. The average Bonchev–Trinajstić information content (AvgIpc) is 2.65. The molecule has 0 aliphatic carbocycles. The molecule has 7 heteroatoms. The second kappa shape index (κ2) is 12.6. The predicted octanol–water partition coefficient (Wildman–Crippen LogP) is 4.25. The molecule has 2 rings (SSSR count). The topological polar surface area (TPSA) is 76.1 Å². The molecule has 1 unspecified atom stereocenters. The summed E-state index contributed by atoms with van der Waals surface area (Å²) in [6, 6.07) is 8.28. The summed E-state index contributed by atoms with van der Waals surface area (Å²) < 4.78 is 42.1. The Morgan fingerprint density at radius 1 is 1.07 bits per heavy atom. The summed E-state index contributed by atoms with van der Waals surface area (Å²) >= 11 is 0. The quantitative estimate of drug-likeness (QED) is 0.353. The highest BCUT2D eigenvalue weighted by Crippen LogP contribution is 2.19. The number of ether oxygens (including phenoxy) is 1. The van der Waals surface area contributed by atoms with Crippen LogP contribution in [0.1, 0.15) is 63.5 Å². The Hall–Kier alpha value is -0.990. The summed E-state index contributed by atoms with van der Waals surface area (Å²) in [5.74, 6) is 0.770. The molecular formula is C22H37NO5S. The van der Waals surface area contributed by atoms with E-state index in [-0.39, 0.29) is 6.61 Å². The zero-order valence-corrected chi connectivity index (χ0v) is 18.7. The molecule has 0 spiro atoms. The molecule has 1 aliphatic heterocycles. The minimum atomic E-state index is -4.51. The van der Waals surface area contributed by atoms with Crippen LogP contribution in [0.3, 0.4) is 0 Å². The summed E-state index contributed by atoms with van der Waals surface area (Å²) in [5.41, 5.74) is 2.59. The molecule has 0 bridgehead atoms. The van der Waals surface area contributed by atoms with Crippen LogP contribution in [0.5, 0.6) is 0 Å². The van der Waals surface area contributed by atoms with E-state index in [0.29, 0.717) is 13.2 Å². The van der Waals surface area contributed by atoms with Crippen LogP contribution in [0.4, 0.5) is 0 Å². The van der Waals surface area contributed by atoms with Crippen LogP contribution < -0.4 is 0 Å². The van der Waals surface area contributed by atoms with Crippen LogP contribution >= 0.6 is 0 Å². The maximum atomic E-state index is 11.2. The molecule has 166 valence electrons. The summed E-state index contributed by atoms with van der Waals surface area (Å²) in [4.78, 5) is 2.15. The number of nitrogens with zero attached hydrogens (tertiary/aromatic N) is 1. The number of fused-ring (bicyclic) bond motifs is 1. The Balaban J connectivity index is 1.69. The van der Waals surface area contributed by atoms with Crippen LogP contribution in [-0.4, -0.2) is 50.3 Å². The minimum absolute atomic E-state index is 0.158. The monoisotopic (exact) mass is 427 g/mol. The molecule has 0 saturated heterocycles. The van der Waals surface area contributed by atoms with E-state index in [4.69, 9.17) is 13.5 Å². The summed E-state index contributed by atoms with van der Waals surface area (Å²) in [7, 11) is -4.51. The molecule has 1 aliphatic rings. The smallest absolute Gasteiger partial charge is 0.379 e. The summed E-state index contributed by atoms with van der Waals surface area (Å²) in [5, 5.41) is 0. The lowest BCUT2D eigenvalue weighted by Gasteiger charge is -2.31. The molecule has 6 nitrogen and oxygen atoms in total. The van der Waals surface area contributed by atoms with Crippen molar-refractivity contribution >= 4 is 10.4 Å². The van der Waals surface area contributed by atoms with Crippen molar-refractivity contribution in [3.05, 3.63) is 35.4 Å². The third kappa shape index (κ3) is 10.6. The van der Waals surface area contributed by atoms with E-state index < -0.39 is 16.5 Å². The normalized spacial score (nSPS) is 16.1. The Labute approximate surface area is 176 Å². The molecule has 1 aromatic carbocycles. The fraction of sp³-hybridized carbons (Fsp3) is 0.727. The van der Waals surface area contributed by atoms with Gasteiger partial charge in [0.25, 0.3) is 0 Å². The van der Waals surface area contributed by atoms with Gasteiger partial charge in [0, 0.05) is 26.2 Å². The first-order chi connectivity index (χ1) is 13.8. The molecule has 0 radical (unpaired) electrons. The first-order valence-electron chi connectivity index (χ1n) is 10.9. The average molecular weight is 428 g/mol. The molecular weight excluding hydrogens is 390 g/mol. The van der Waals surface area contributed by atoms with Crippen LogP contribution in [0.25, 0.3) is 0 Å². The van der Waals surface area contributed by atoms with E-state index in [0.717, 1.165) is 38.3 Å². The Kier molecular flexibility index (Phi) is 10.6. The first kappa shape index (κ1) is 24.3. The van der Waals surface area contributed by atoms with E-state index in [1.807, 2.05) is 12.1 Å². The molecule has 0 aromatic heterocycles. The lowest BCUT2D eigenvalue weighted by atomic mass is 10.00. The molecule has 1 heterocycles. The third-order valence-corrected chi connectivity index (χ3v) is 5.82. The molecule has 0 amide bonds. The minimum Gasteiger partial charge on any atom is -0.379 e. The van der Waals surface area contributed by atoms with E-state index in [1.54, 1.807) is 0 Å². The van der Waals surface area contributed by atoms with Gasteiger partial charge in [-0.25, -0.2) is 4.18 Å². The molecule has 29 heavy (non-hydrogen) atoms. The van der Waals surface area contributed by atoms with Gasteiger partial charge in [0.15, 0.2) is 0 Å². The first-order valence-corrected chi connectivity index (χ1v) is 12.2. The van der Waals surface area contributed by atoms with Gasteiger partial charge < -0.3 is 4.74 Å². The predicted molar refractivity (Wildman–Crippen MR) is 115 cm³/mol. The van der Waals surface area contributed by atoms with Gasteiger partial charge in [-0.05, 0) is 29.9 Å². The van der Waals surface area contributed by atoms with E-state index in [9.17, 15) is 8.42 Å². The lowest BCUT2D eigenvalue weighted by Crippen LogP contribution is -2.40.